The smallest absolute Gasteiger partial charge is 0.387 e. The molecule has 10 nitrogen and oxygen atoms in total. The Labute approximate surface area is 191 Å². The highest BCUT2D eigenvalue weighted by Gasteiger charge is 2.22. The number of hydrogen-bond acceptors (Lipinski definition) is 9. The van der Waals surface area contributed by atoms with Crippen molar-refractivity contribution in [3.63, 3.8) is 0 Å². The Bertz CT molecular complexity index is 1510. The number of hydrogen-bond donors (Lipinski definition) is 2. The van der Waals surface area contributed by atoms with Crippen molar-refractivity contribution < 1.29 is 26.3 Å². The zero-order valence-corrected chi connectivity index (χ0v) is 18.9. The first-order valence-electron chi connectivity index (χ1n) is 9.62. The Morgan fingerprint density at radius 3 is 2.56 bits per heavy atom. The summed E-state index contributed by atoms with van der Waals surface area (Å²) in [6.07, 6.45) is 2.24. The fraction of sp³-hybridized carbons (Fsp3) is 0.200. The van der Waals surface area contributed by atoms with Gasteiger partial charge in [-0.05, 0) is 36.8 Å². The Morgan fingerprint density at radius 2 is 1.88 bits per heavy atom. The molecule has 0 amide bonds. The van der Waals surface area contributed by atoms with Crippen LogP contribution in [0.15, 0.2) is 35.4 Å². The van der Waals surface area contributed by atoms with Crippen LogP contribution in [0.3, 0.4) is 0 Å². The van der Waals surface area contributed by atoms with Crippen molar-refractivity contribution in [3.05, 3.63) is 42.0 Å². The molecule has 0 unspecified atom stereocenters. The Balaban J connectivity index is 1.91. The lowest BCUT2D eigenvalue weighted by Gasteiger charge is -2.20. The zero-order chi connectivity index (χ0) is 24.8. The van der Waals surface area contributed by atoms with Crippen molar-refractivity contribution >= 4 is 38.5 Å². The van der Waals surface area contributed by atoms with Crippen molar-refractivity contribution in [2.75, 3.05) is 23.9 Å². The number of aromatic amines is 1. The fourth-order valence-electron chi connectivity index (χ4n) is 3.32. The van der Waals surface area contributed by atoms with Gasteiger partial charge >= 0.3 is 6.61 Å². The molecule has 0 aliphatic heterocycles. The summed E-state index contributed by atoms with van der Waals surface area (Å²) in [6.45, 7) is -1.66. The summed E-state index contributed by atoms with van der Waals surface area (Å²) in [5.41, 5.74) is 6.69. The molecule has 0 aliphatic carbocycles. The number of nitrogens with zero attached hydrogens (tertiary/aromatic N) is 5. The second-order valence-electron chi connectivity index (χ2n) is 7.37. The lowest BCUT2D eigenvalue weighted by Crippen LogP contribution is -2.15. The van der Waals surface area contributed by atoms with Crippen molar-refractivity contribution in [1.82, 2.24) is 25.1 Å². The van der Waals surface area contributed by atoms with Gasteiger partial charge in [0.2, 0.25) is 5.95 Å². The van der Waals surface area contributed by atoms with Gasteiger partial charge in [0.1, 0.15) is 17.4 Å². The van der Waals surface area contributed by atoms with E-state index in [2.05, 4.69) is 29.9 Å². The third-order valence-electron chi connectivity index (χ3n) is 4.93. The molecule has 1 aromatic carbocycles. The van der Waals surface area contributed by atoms with Gasteiger partial charge in [0.05, 0.1) is 16.0 Å². The molecule has 178 valence electrons. The molecule has 0 spiro atoms. The monoisotopic (exact) mass is 493 g/mol. The molecule has 0 saturated carbocycles. The highest BCUT2D eigenvalue weighted by atomic mass is 32.2. The number of fused-ring (bicyclic) bond motifs is 1. The van der Waals surface area contributed by atoms with Crippen LogP contribution in [0.4, 0.5) is 30.8 Å². The van der Waals surface area contributed by atoms with Gasteiger partial charge in [-0.2, -0.15) is 18.9 Å². The van der Waals surface area contributed by atoms with E-state index >= 15 is 0 Å². The van der Waals surface area contributed by atoms with E-state index in [1.165, 1.54) is 36.2 Å². The van der Waals surface area contributed by atoms with E-state index in [0.717, 1.165) is 12.3 Å². The minimum Gasteiger partial charge on any atom is -0.435 e. The lowest BCUT2D eigenvalue weighted by atomic mass is 10.1. The topological polar surface area (TPSA) is 140 Å². The predicted octanol–water partition coefficient (Wildman–Crippen LogP) is 3.22. The molecule has 0 atom stereocenters. The van der Waals surface area contributed by atoms with Crippen LogP contribution in [-0.2, 0) is 9.84 Å². The number of alkyl halides is 2. The van der Waals surface area contributed by atoms with Crippen LogP contribution < -0.4 is 15.4 Å². The van der Waals surface area contributed by atoms with Crippen molar-refractivity contribution in [1.29, 1.82) is 0 Å². The first-order chi connectivity index (χ1) is 15.9. The van der Waals surface area contributed by atoms with Gasteiger partial charge in [0.25, 0.3) is 0 Å². The molecule has 0 saturated heterocycles. The summed E-state index contributed by atoms with van der Waals surface area (Å²) in [4.78, 5) is 13.5. The zero-order valence-electron chi connectivity index (χ0n) is 18.0. The molecule has 4 aromatic rings. The number of ether oxygens (including phenoxy) is 1. The Morgan fingerprint density at radius 1 is 1.15 bits per heavy atom. The molecule has 3 aromatic heterocycles. The quantitative estimate of drug-likeness (QED) is 0.414. The van der Waals surface area contributed by atoms with Crippen LogP contribution in [0.2, 0.25) is 0 Å². The average molecular weight is 493 g/mol. The van der Waals surface area contributed by atoms with E-state index < -0.39 is 22.3 Å². The van der Waals surface area contributed by atoms with E-state index in [1.807, 2.05) is 0 Å². The first-order valence-corrected chi connectivity index (χ1v) is 11.5. The number of nitrogen functional groups attached to an aromatic ring is 1. The minimum atomic E-state index is -3.79. The highest BCUT2D eigenvalue weighted by molar-refractivity contribution is 7.90. The number of anilines is 3. The SMILES string of the molecule is Cc1nc2[nH]nc(N(C)c3nc(N)ncc3-c3cc(OC(F)F)cc(S(C)(=O)=O)c3)c2cc1F. The number of benzene rings is 1. The van der Waals surface area contributed by atoms with E-state index in [1.54, 1.807) is 7.05 Å². The van der Waals surface area contributed by atoms with Crippen LogP contribution in [0.1, 0.15) is 5.69 Å². The number of aromatic nitrogens is 5. The molecule has 0 aliphatic rings. The third kappa shape index (κ3) is 4.44. The number of nitrogens with one attached hydrogen (secondary N) is 1. The number of H-pyrrole nitrogens is 1. The van der Waals surface area contributed by atoms with Crippen LogP contribution in [0.25, 0.3) is 22.2 Å². The molecule has 0 radical (unpaired) electrons. The average Bonchev–Trinajstić information content (AvgIpc) is 3.14. The maximum atomic E-state index is 14.2. The second kappa shape index (κ2) is 8.44. The molecular formula is C20H18F3N7O3S. The van der Waals surface area contributed by atoms with E-state index in [9.17, 15) is 21.6 Å². The third-order valence-corrected chi connectivity index (χ3v) is 6.02. The number of sulfone groups is 1. The van der Waals surface area contributed by atoms with Crippen molar-refractivity contribution in [3.8, 4) is 16.9 Å². The fourth-order valence-corrected chi connectivity index (χ4v) is 3.99. The summed E-state index contributed by atoms with van der Waals surface area (Å²) in [5.74, 6) is -0.639. The minimum absolute atomic E-state index is 0.117. The summed E-state index contributed by atoms with van der Waals surface area (Å²) >= 11 is 0. The van der Waals surface area contributed by atoms with Crippen LogP contribution in [-0.4, -0.2) is 53.5 Å². The van der Waals surface area contributed by atoms with Gasteiger partial charge in [0.15, 0.2) is 21.3 Å². The lowest BCUT2D eigenvalue weighted by molar-refractivity contribution is -0.0499. The van der Waals surface area contributed by atoms with Gasteiger partial charge in [-0.3, -0.25) is 5.10 Å². The standard InChI is InChI=1S/C20H18F3N7O3S/c1-9-15(21)7-13-16(26-9)28-29-18(13)30(2)17-14(8-25-20(24)27-17)10-4-11(33-19(22)23)6-12(5-10)34(3,31)32/h4-8,19H,1-3H3,(H2,24,25,27)(H,26,28,29). The van der Waals surface area contributed by atoms with Crippen LogP contribution in [0.5, 0.6) is 5.75 Å². The number of aryl methyl sites for hydroxylation is 1. The van der Waals surface area contributed by atoms with Crippen molar-refractivity contribution in [2.45, 2.75) is 18.4 Å². The number of rotatable bonds is 6. The molecular weight excluding hydrogens is 475 g/mol. The van der Waals surface area contributed by atoms with E-state index in [4.69, 9.17) is 5.73 Å². The van der Waals surface area contributed by atoms with E-state index in [-0.39, 0.29) is 45.0 Å². The predicted molar refractivity (Wildman–Crippen MR) is 118 cm³/mol. The normalized spacial score (nSPS) is 11.9. The Kier molecular flexibility index (Phi) is 5.77. The first kappa shape index (κ1) is 23.2. The molecule has 14 heteroatoms. The number of pyridine rings is 1. The van der Waals surface area contributed by atoms with E-state index in [0.29, 0.717) is 11.0 Å². The van der Waals surface area contributed by atoms with Crippen LogP contribution in [0, 0.1) is 12.7 Å². The van der Waals surface area contributed by atoms with Gasteiger partial charge in [-0.1, -0.05) is 0 Å². The molecule has 34 heavy (non-hydrogen) atoms. The maximum absolute atomic E-state index is 14.2. The molecule has 0 fully saturated rings. The van der Waals surface area contributed by atoms with Gasteiger partial charge in [-0.15, -0.1) is 0 Å². The summed E-state index contributed by atoms with van der Waals surface area (Å²) in [6, 6.07) is 4.74. The summed E-state index contributed by atoms with van der Waals surface area (Å²) in [5, 5.41) is 7.24. The summed E-state index contributed by atoms with van der Waals surface area (Å²) in [7, 11) is -2.22. The highest BCUT2D eigenvalue weighted by Crippen LogP contribution is 2.37. The summed E-state index contributed by atoms with van der Waals surface area (Å²) < 4.78 is 68.7. The van der Waals surface area contributed by atoms with Gasteiger partial charge < -0.3 is 15.4 Å². The largest absolute Gasteiger partial charge is 0.435 e. The number of halogens is 3. The van der Waals surface area contributed by atoms with Gasteiger partial charge in [0, 0.05) is 25.1 Å². The van der Waals surface area contributed by atoms with Crippen molar-refractivity contribution in [2.24, 2.45) is 0 Å². The maximum Gasteiger partial charge on any atom is 0.387 e. The molecule has 3 N–H and O–H groups in total. The molecule has 0 bridgehead atoms. The van der Waals surface area contributed by atoms with Crippen LogP contribution >= 0.6 is 0 Å². The molecule has 4 rings (SSSR count). The number of nitrogens with two attached hydrogens (primary N) is 1. The Hall–Kier alpha value is -3.94. The second-order valence-corrected chi connectivity index (χ2v) is 9.38. The molecule has 3 heterocycles. The van der Waals surface area contributed by atoms with Gasteiger partial charge in [-0.25, -0.2) is 22.8 Å².